The number of aryl methyl sites for hydroxylation is 1. The summed E-state index contributed by atoms with van der Waals surface area (Å²) in [6, 6.07) is 12.8. The Labute approximate surface area is 101 Å². The van der Waals surface area contributed by atoms with Crippen molar-refractivity contribution >= 4 is 0 Å². The van der Waals surface area contributed by atoms with Gasteiger partial charge in [0.2, 0.25) is 0 Å². The van der Waals surface area contributed by atoms with Crippen LogP contribution in [0.15, 0.2) is 51.7 Å². The van der Waals surface area contributed by atoms with Crippen LogP contribution in [0.4, 0.5) is 0 Å². The third-order valence-corrected chi connectivity index (χ3v) is 2.65. The normalized spacial score (nSPS) is 10.4. The van der Waals surface area contributed by atoms with Gasteiger partial charge in [0.05, 0.1) is 0 Å². The summed E-state index contributed by atoms with van der Waals surface area (Å²) in [6.45, 7) is 2.12. The molecule has 0 fully saturated rings. The summed E-state index contributed by atoms with van der Waals surface area (Å²) in [5.41, 5.74) is 0.962. The summed E-state index contributed by atoms with van der Waals surface area (Å²) >= 11 is 0. The molecule has 1 aromatic heterocycles. The van der Waals surface area contributed by atoms with E-state index < -0.39 is 0 Å². The molecule has 2 nitrogen and oxygen atoms in total. The van der Waals surface area contributed by atoms with E-state index in [1.807, 2.05) is 30.3 Å². The lowest BCUT2D eigenvalue weighted by atomic mass is 10.1. The first-order valence-corrected chi connectivity index (χ1v) is 5.99. The Balaban J connectivity index is 2.35. The summed E-state index contributed by atoms with van der Waals surface area (Å²) in [5.74, 6) is 1.43. The van der Waals surface area contributed by atoms with E-state index in [1.54, 1.807) is 12.1 Å². The van der Waals surface area contributed by atoms with Gasteiger partial charge in [-0.05, 0) is 6.42 Å². The molecule has 2 rings (SSSR count). The van der Waals surface area contributed by atoms with E-state index in [0.29, 0.717) is 5.76 Å². The molecule has 1 heterocycles. The van der Waals surface area contributed by atoms with Crippen molar-refractivity contribution < 1.29 is 4.42 Å². The summed E-state index contributed by atoms with van der Waals surface area (Å²) in [5, 5.41) is 0. The summed E-state index contributed by atoms with van der Waals surface area (Å²) in [6.07, 6.45) is 2.97. The van der Waals surface area contributed by atoms with Crippen molar-refractivity contribution in [2.75, 3.05) is 0 Å². The fourth-order valence-corrected chi connectivity index (χ4v) is 1.75. The Hall–Kier alpha value is -1.83. The molecule has 0 aliphatic heterocycles. The predicted octanol–water partition coefficient (Wildman–Crippen LogP) is 3.65. The zero-order valence-corrected chi connectivity index (χ0v) is 9.98. The second-order valence-electron chi connectivity index (χ2n) is 4.09. The molecule has 2 heteroatoms. The van der Waals surface area contributed by atoms with Crippen LogP contribution < -0.4 is 5.43 Å². The Morgan fingerprint density at radius 3 is 2.59 bits per heavy atom. The van der Waals surface area contributed by atoms with Crippen molar-refractivity contribution in [2.24, 2.45) is 0 Å². The highest BCUT2D eigenvalue weighted by molar-refractivity contribution is 5.56. The van der Waals surface area contributed by atoms with E-state index in [9.17, 15) is 4.79 Å². The van der Waals surface area contributed by atoms with E-state index in [4.69, 9.17) is 4.42 Å². The van der Waals surface area contributed by atoms with Crippen molar-refractivity contribution in [1.82, 2.24) is 0 Å². The van der Waals surface area contributed by atoms with Crippen LogP contribution >= 0.6 is 0 Å². The highest BCUT2D eigenvalue weighted by Gasteiger charge is 2.04. The van der Waals surface area contributed by atoms with E-state index >= 15 is 0 Å². The quantitative estimate of drug-likeness (QED) is 0.799. The van der Waals surface area contributed by atoms with Crippen LogP contribution in [-0.4, -0.2) is 0 Å². The highest BCUT2D eigenvalue weighted by Crippen LogP contribution is 2.18. The van der Waals surface area contributed by atoms with Gasteiger partial charge in [-0.25, -0.2) is 0 Å². The second kappa shape index (κ2) is 5.48. The van der Waals surface area contributed by atoms with Crippen LogP contribution in [0.1, 0.15) is 25.5 Å². The van der Waals surface area contributed by atoms with Crippen LogP contribution in [0.5, 0.6) is 0 Å². The van der Waals surface area contributed by atoms with Gasteiger partial charge in [-0.2, -0.15) is 0 Å². The molecule has 17 heavy (non-hydrogen) atoms. The van der Waals surface area contributed by atoms with Crippen molar-refractivity contribution in [3.8, 4) is 11.3 Å². The lowest BCUT2D eigenvalue weighted by molar-refractivity contribution is 0.495. The van der Waals surface area contributed by atoms with Crippen molar-refractivity contribution in [3.63, 3.8) is 0 Å². The topological polar surface area (TPSA) is 30.2 Å². The summed E-state index contributed by atoms with van der Waals surface area (Å²) in [7, 11) is 0. The fourth-order valence-electron chi connectivity index (χ4n) is 1.75. The van der Waals surface area contributed by atoms with Crippen molar-refractivity contribution in [1.29, 1.82) is 0 Å². The van der Waals surface area contributed by atoms with Gasteiger partial charge in [0.25, 0.3) is 0 Å². The first-order valence-electron chi connectivity index (χ1n) is 5.99. The first-order chi connectivity index (χ1) is 8.29. The molecule has 0 saturated heterocycles. The molecule has 0 saturated carbocycles. The molecular formula is C15H16O2. The van der Waals surface area contributed by atoms with E-state index in [2.05, 4.69) is 6.92 Å². The van der Waals surface area contributed by atoms with Gasteiger partial charge in [-0.15, -0.1) is 0 Å². The number of hydrogen-bond donors (Lipinski definition) is 0. The maximum atomic E-state index is 11.6. The van der Waals surface area contributed by atoms with Gasteiger partial charge in [0.1, 0.15) is 11.5 Å². The summed E-state index contributed by atoms with van der Waals surface area (Å²) < 4.78 is 5.75. The molecular weight excluding hydrogens is 212 g/mol. The Bertz CT molecular complexity index is 526. The first kappa shape index (κ1) is 11.6. The van der Waals surface area contributed by atoms with Gasteiger partial charge >= 0.3 is 0 Å². The average molecular weight is 228 g/mol. The molecule has 88 valence electrons. The number of unbranched alkanes of at least 4 members (excludes halogenated alkanes) is 1. The largest absolute Gasteiger partial charge is 0.461 e. The molecule has 0 atom stereocenters. The Kier molecular flexibility index (Phi) is 3.76. The Morgan fingerprint density at radius 1 is 1.12 bits per heavy atom. The zero-order chi connectivity index (χ0) is 12.1. The second-order valence-corrected chi connectivity index (χ2v) is 4.09. The van der Waals surface area contributed by atoms with Crippen LogP contribution in [-0.2, 0) is 6.42 Å². The maximum absolute atomic E-state index is 11.6. The minimum Gasteiger partial charge on any atom is -0.461 e. The van der Waals surface area contributed by atoms with Gasteiger partial charge in [0.15, 0.2) is 5.43 Å². The molecule has 0 aliphatic carbocycles. The van der Waals surface area contributed by atoms with Crippen LogP contribution in [0, 0.1) is 0 Å². The molecule has 2 aromatic rings. The van der Waals surface area contributed by atoms with Crippen LogP contribution in [0.25, 0.3) is 11.3 Å². The molecule has 0 unspecified atom stereocenters. The van der Waals surface area contributed by atoms with Gasteiger partial charge in [-0.3, -0.25) is 4.79 Å². The molecule has 0 radical (unpaired) electrons. The van der Waals surface area contributed by atoms with Crippen LogP contribution in [0.2, 0.25) is 0 Å². The molecule has 0 N–H and O–H groups in total. The van der Waals surface area contributed by atoms with Crippen molar-refractivity contribution in [3.05, 3.63) is 58.4 Å². The minimum absolute atomic E-state index is 0.0150. The highest BCUT2D eigenvalue weighted by atomic mass is 16.3. The van der Waals surface area contributed by atoms with E-state index in [1.165, 1.54) is 0 Å². The minimum atomic E-state index is 0.0150. The number of rotatable bonds is 4. The number of benzene rings is 1. The maximum Gasteiger partial charge on any atom is 0.185 e. The third kappa shape index (κ3) is 3.06. The van der Waals surface area contributed by atoms with Gasteiger partial charge in [0, 0.05) is 24.1 Å². The smallest absolute Gasteiger partial charge is 0.185 e. The molecule has 0 amide bonds. The lowest BCUT2D eigenvalue weighted by Gasteiger charge is -2.03. The van der Waals surface area contributed by atoms with Crippen LogP contribution in [0.3, 0.4) is 0 Å². The fraction of sp³-hybridized carbons (Fsp3) is 0.267. The molecule has 0 aliphatic rings. The third-order valence-electron chi connectivity index (χ3n) is 2.65. The molecule has 0 spiro atoms. The average Bonchev–Trinajstić information content (AvgIpc) is 2.37. The molecule has 0 bridgehead atoms. The zero-order valence-electron chi connectivity index (χ0n) is 9.98. The van der Waals surface area contributed by atoms with E-state index in [0.717, 1.165) is 30.6 Å². The van der Waals surface area contributed by atoms with Gasteiger partial charge in [-0.1, -0.05) is 43.7 Å². The molecule has 1 aromatic carbocycles. The SMILES string of the molecule is CCCCc1cc(=O)cc(-c2ccccc2)o1. The standard InChI is InChI=1S/C15H16O2/c1-2-3-9-14-10-13(16)11-15(17-14)12-7-5-4-6-8-12/h4-8,10-11H,2-3,9H2,1H3. The van der Waals surface area contributed by atoms with Gasteiger partial charge < -0.3 is 4.42 Å². The van der Waals surface area contributed by atoms with E-state index in [-0.39, 0.29) is 5.43 Å². The summed E-state index contributed by atoms with van der Waals surface area (Å²) in [4.78, 5) is 11.6. The Morgan fingerprint density at radius 2 is 1.88 bits per heavy atom. The number of hydrogen-bond acceptors (Lipinski definition) is 2. The lowest BCUT2D eigenvalue weighted by Crippen LogP contribution is -2.00. The monoisotopic (exact) mass is 228 g/mol. The predicted molar refractivity (Wildman–Crippen MR) is 69.0 cm³/mol. The van der Waals surface area contributed by atoms with Crippen molar-refractivity contribution in [2.45, 2.75) is 26.2 Å².